The van der Waals surface area contributed by atoms with Gasteiger partial charge >= 0.3 is 6.09 Å². The molecule has 0 aliphatic rings. The first-order chi connectivity index (χ1) is 11.4. The second-order valence-electron chi connectivity index (χ2n) is 6.37. The fourth-order valence-corrected chi connectivity index (χ4v) is 2.14. The van der Waals surface area contributed by atoms with Crippen LogP contribution in [-0.4, -0.2) is 18.8 Å². The van der Waals surface area contributed by atoms with Crippen LogP contribution in [0.1, 0.15) is 26.3 Å². The zero-order valence-electron chi connectivity index (χ0n) is 14.6. The van der Waals surface area contributed by atoms with Crippen molar-refractivity contribution >= 4 is 17.5 Å². The molecule has 0 fully saturated rings. The number of amides is 1. The highest BCUT2D eigenvalue weighted by atomic mass is 16.6. The van der Waals surface area contributed by atoms with E-state index in [9.17, 15) is 4.79 Å². The zero-order valence-corrected chi connectivity index (χ0v) is 14.6. The van der Waals surface area contributed by atoms with E-state index < -0.39 is 11.7 Å². The van der Waals surface area contributed by atoms with Crippen LogP contribution in [0.15, 0.2) is 48.5 Å². The number of methoxy groups -OCH3 is 1. The molecule has 0 atom stereocenters. The van der Waals surface area contributed by atoms with Gasteiger partial charge in [-0.05, 0) is 51.1 Å². The van der Waals surface area contributed by atoms with Gasteiger partial charge < -0.3 is 14.8 Å². The van der Waals surface area contributed by atoms with Gasteiger partial charge in [0.25, 0.3) is 0 Å². The van der Waals surface area contributed by atoms with Crippen LogP contribution in [0, 0.1) is 0 Å². The van der Waals surface area contributed by atoms with Crippen molar-refractivity contribution in [2.24, 2.45) is 0 Å². The molecule has 0 aromatic heterocycles. The second-order valence-corrected chi connectivity index (χ2v) is 6.37. The van der Waals surface area contributed by atoms with Crippen molar-refractivity contribution in [1.29, 1.82) is 0 Å². The average Bonchev–Trinajstić information content (AvgIpc) is 2.52. The molecule has 5 nitrogen and oxygen atoms in total. The molecule has 24 heavy (non-hydrogen) atoms. The molecule has 0 saturated carbocycles. The Morgan fingerprint density at radius 3 is 2.25 bits per heavy atom. The summed E-state index contributed by atoms with van der Waals surface area (Å²) in [6.07, 6.45) is -0.461. The summed E-state index contributed by atoms with van der Waals surface area (Å²) in [7, 11) is 1.66. The van der Waals surface area contributed by atoms with E-state index in [-0.39, 0.29) is 0 Å². The van der Waals surface area contributed by atoms with Gasteiger partial charge in [-0.2, -0.15) is 0 Å². The zero-order chi connectivity index (χ0) is 17.6. The van der Waals surface area contributed by atoms with E-state index in [1.54, 1.807) is 7.11 Å². The summed E-state index contributed by atoms with van der Waals surface area (Å²) in [6, 6.07) is 15.3. The minimum Gasteiger partial charge on any atom is -0.496 e. The number of ether oxygens (including phenoxy) is 2. The van der Waals surface area contributed by atoms with E-state index in [0.29, 0.717) is 12.2 Å². The van der Waals surface area contributed by atoms with Crippen LogP contribution in [0.3, 0.4) is 0 Å². The summed E-state index contributed by atoms with van der Waals surface area (Å²) < 4.78 is 10.6. The molecule has 0 spiro atoms. The SMILES string of the molecule is COc1ccccc1CNc1ccc(NC(=O)OC(C)(C)C)cc1. The van der Waals surface area contributed by atoms with Crippen molar-refractivity contribution in [3.05, 3.63) is 54.1 Å². The van der Waals surface area contributed by atoms with Crippen LogP contribution in [0.25, 0.3) is 0 Å². The van der Waals surface area contributed by atoms with Crippen molar-refractivity contribution in [2.45, 2.75) is 32.9 Å². The number of carbonyl (C=O) groups excluding carboxylic acids is 1. The minimum absolute atomic E-state index is 0.461. The Kier molecular flexibility index (Phi) is 5.68. The highest BCUT2D eigenvalue weighted by Crippen LogP contribution is 2.20. The predicted molar refractivity (Wildman–Crippen MR) is 96.6 cm³/mol. The van der Waals surface area contributed by atoms with Gasteiger partial charge in [-0.1, -0.05) is 18.2 Å². The predicted octanol–water partition coefficient (Wildman–Crippen LogP) is 4.65. The number of carbonyl (C=O) groups is 1. The molecule has 0 unspecified atom stereocenters. The van der Waals surface area contributed by atoms with Gasteiger partial charge in [0.2, 0.25) is 0 Å². The number of para-hydroxylation sites is 1. The van der Waals surface area contributed by atoms with Gasteiger partial charge in [-0.15, -0.1) is 0 Å². The lowest BCUT2D eigenvalue weighted by Gasteiger charge is -2.19. The third-order valence-electron chi connectivity index (χ3n) is 3.21. The summed E-state index contributed by atoms with van der Waals surface area (Å²) in [5.41, 5.74) is 2.21. The molecule has 0 aliphatic heterocycles. The largest absolute Gasteiger partial charge is 0.496 e. The molecular weight excluding hydrogens is 304 g/mol. The summed E-state index contributed by atoms with van der Waals surface area (Å²) in [5, 5.41) is 6.04. The van der Waals surface area contributed by atoms with Gasteiger partial charge in [0, 0.05) is 23.5 Å². The number of hydrogen-bond donors (Lipinski definition) is 2. The van der Waals surface area contributed by atoms with Gasteiger partial charge in [-0.25, -0.2) is 4.79 Å². The Morgan fingerprint density at radius 2 is 1.62 bits per heavy atom. The van der Waals surface area contributed by atoms with Gasteiger partial charge in [0.05, 0.1) is 7.11 Å². The molecule has 0 saturated heterocycles. The molecule has 1 amide bonds. The van der Waals surface area contributed by atoms with Crippen LogP contribution < -0.4 is 15.4 Å². The molecule has 0 aliphatic carbocycles. The molecular formula is C19H24N2O3. The molecule has 2 N–H and O–H groups in total. The summed E-state index contributed by atoms with van der Waals surface area (Å²) in [4.78, 5) is 11.7. The Balaban J connectivity index is 1.91. The van der Waals surface area contributed by atoms with Crippen molar-refractivity contribution in [3.63, 3.8) is 0 Å². The van der Waals surface area contributed by atoms with E-state index in [4.69, 9.17) is 9.47 Å². The van der Waals surface area contributed by atoms with Crippen molar-refractivity contribution in [2.75, 3.05) is 17.7 Å². The molecule has 2 rings (SSSR count). The third-order valence-corrected chi connectivity index (χ3v) is 3.21. The first kappa shape index (κ1) is 17.7. The van der Waals surface area contributed by atoms with Crippen molar-refractivity contribution < 1.29 is 14.3 Å². The molecule has 5 heteroatoms. The van der Waals surface area contributed by atoms with Gasteiger partial charge in [0.15, 0.2) is 0 Å². The fraction of sp³-hybridized carbons (Fsp3) is 0.316. The average molecular weight is 328 g/mol. The van der Waals surface area contributed by atoms with E-state index in [1.807, 2.05) is 69.3 Å². The number of anilines is 2. The Bertz CT molecular complexity index is 676. The number of hydrogen-bond acceptors (Lipinski definition) is 4. The van der Waals surface area contributed by atoms with E-state index in [0.717, 1.165) is 17.0 Å². The maximum absolute atomic E-state index is 11.7. The Morgan fingerprint density at radius 1 is 1.00 bits per heavy atom. The number of benzene rings is 2. The van der Waals surface area contributed by atoms with E-state index in [2.05, 4.69) is 10.6 Å². The Labute approximate surface area is 143 Å². The van der Waals surface area contributed by atoms with E-state index >= 15 is 0 Å². The van der Waals surface area contributed by atoms with Crippen LogP contribution >= 0.6 is 0 Å². The standard InChI is InChI=1S/C19H24N2O3/c1-19(2,3)24-18(22)21-16-11-9-15(10-12-16)20-13-14-7-5-6-8-17(14)23-4/h5-12,20H,13H2,1-4H3,(H,21,22). The smallest absolute Gasteiger partial charge is 0.412 e. The number of nitrogens with one attached hydrogen (secondary N) is 2. The third kappa shape index (κ3) is 5.50. The van der Waals surface area contributed by atoms with Gasteiger partial charge in [0.1, 0.15) is 11.4 Å². The monoisotopic (exact) mass is 328 g/mol. The maximum Gasteiger partial charge on any atom is 0.412 e. The summed E-state index contributed by atoms with van der Waals surface area (Å²) in [6.45, 7) is 6.15. The highest BCUT2D eigenvalue weighted by molar-refractivity contribution is 5.85. The minimum atomic E-state index is -0.514. The van der Waals surface area contributed by atoms with Crippen molar-refractivity contribution in [3.8, 4) is 5.75 Å². The van der Waals surface area contributed by atoms with Crippen LogP contribution in [0.4, 0.5) is 16.2 Å². The second kappa shape index (κ2) is 7.73. The lowest BCUT2D eigenvalue weighted by atomic mass is 10.2. The molecule has 2 aromatic carbocycles. The Hall–Kier alpha value is -2.69. The maximum atomic E-state index is 11.7. The summed E-state index contributed by atoms with van der Waals surface area (Å²) in [5.74, 6) is 0.855. The molecule has 0 heterocycles. The quantitative estimate of drug-likeness (QED) is 0.838. The highest BCUT2D eigenvalue weighted by Gasteiger charge is 2.16. The lowest BCUT2D eigenvalue weighted by Crippen LogP contribution is -2.27. The molecule has 128 valence electrons. The van der Waals surface area contributed by atoms with Gasteiger partial charge in [-0.3, -0.25) is 5.32 Å². The van der Waals surface area contributed by atoms with Crippen molar-refractivity contribution in [1.82, 2.24) is 0 Å². The van der Waals surface area contributed by atoms with Crippen LogP contribution in [-0.2, 0) is 11.3 Å². The number of rotatable bonds is 5. The topological polar surface area (TPSA) is 59.6 Å². The normalized spacial score (nSPS) is 10.8. The van der Waals surface area contributed by atoms with Crippen LogP contribution in [0.2, 0.25) is 0 Å². The molecule has 0 radical (unpaired) electrons. The summed E-state index contributed by atoms with van der Waals surface area (Å²) >= 11 is 0. The fourth-order valence-electron chi connectivity index (χ4n) is 2.14. The molecule has 0 bridgehead atoms. The molecule has 2 aromatic rings. The van der Waals surface area contributed by atoms with E-state index in [1.165, 1.54) is 0 Å². The first-order valence-electron chi connectivity index (χ1n) is 7.83. The first-order valence-corrected chi connectivity index (χ1v) is 7.83. The van der Waals surface area contributed by atoms with Crippen LogP contribution in [0.5, 0.6) is 5.75 Å². The lowest BCUT2D eigenvalue weighted by molar-refractivity contribution is 0.0636.